The number of ether oxygens (including phenoxy) is 2. The molecule has 5 heteroatoms. The Kier molecular flexibility index (Phi) is 5.76. The number of hydrogen-bond donors (Lipinski definition) is 3. The first kappa shape index (κ1) is 17.0. The van der Waals surface area contributed by atoms with Crippen LogP contribution in [0.1, 0.15) is 22.3 Å². The van der Waals surface area contributed by atoms with Gasteiger partial charge in [0.2, 0.25) is 0 Å². The number of aliphatic hydroxyl groups excluding tert-OH is 2. The highest BCUT2D eigenvalue weighted by atomic mass is 16.5. The van der Waals surface area contributed by atoms with Crippen molar-refractivity contribution in [3.8, 4) is 11.5 Å². The van der Waals surface area contributed by atoms with Gasteiger partial charge in [-0.1, -0.05) is 18.2 Å². The van der Waals surface area contributed by atoms with E-state index in [1.165, 1.54) is 0 Å². The Balaban J connectivity index is 2.34. The van der Waals surface area contributed by atoms with Gasteiger partial charge in [0, 0.05) is 11.6 Å². The third-order valence-electron chi connectivity index (χ3n) is 3.64. The first-order chi connectivity index (χ1) is 11.1. The summed E-state index contributed by atoms with van der Waals surface area (Å²) in [5.74, 6) is 1.31. The van der Waals surface area contributed by atoms with Crippen LogP contribution in [-0.2, 0) is 13.2 Å². The van der Waals surface area contributed by atoms with Crippen LogP contribution in [0.3, 0.4) is 0 Å². The van der Waals surface area contributed by atoms with Crippen LogP contribution in [0.5, 0.6) is 11.5 Å². The van der Waals surface area contributed by atoms with E-state index in [9.17, 15) is 10.2 Å². The van der Waals surface area contributed by atoms with Crippen molar-refractivity contribution >= 4 is 17.8 Å². The van der Waals surface area contributed by atoms with Crippen LogP contribution in [0.25, 0.3) is 12.2 Å². The molecule has 2 rings (SSSR count). The van der Waals surface area contributed by atoms with Crippen molar-refractivity contribution in [2.24, 2.45) is 0 Å². The number of quaternary nitrogens is 1. The van der Waals surface area contributed by atoms with Gasteiger partial charge in [0.15, 0.2) is 11.4 Å². The Morgan fingerprint density at radius 2 is 1.61 bits per heavy atom. The van der Waals surface area contributed by atoms with Crippen molar-refractivity contribution in [3.63, 3.8) is 0 Å². The SMILES string of the molecule is COc1ccc(/C=C\c2cc(CO)c(CO)c(OC)c2)cc1[NH3+]. The predicted molar refractivity (Wildman–Crippen MR) is 89.3 cm³/mol. The maximum atomic E-state index is 9.46. The Bertz CT molecular complexity index is 685. The zero-order chi connectivity index (χ0) is 16.8. The molecule has 0 spiro atoms. The van der Waals surface area contributed by atoms with Gasteiger partial charge in [-0.3, -0.25) is 0 Å². The molecule has 0 bridgehead atoms. The molecule has 5 N–H and O–H groups in total. The Morgan fingerprint density at radius 3 is 2.17 bits per heavy atom. The van der Waals surface area contributed by atoms with Crippen molar-refractivity contribution in [1.29, 1.82) is 0 Å². The number of hydrogen-bond acceptors (Lipinski definition) is 4. The number of aliphatic hydroxyl groups is 2. The molecule has 0 aliphatic carbocycles. The second-order valence-electron chi connectivity index (χ2n) is 5.08. The molecule has 0 saturated heterocycles. The quantitative estimate of drug-likeness (QED) is 0.708. The molecular weight excluding hydrogens is 294 g/mol. The van der Waals surface area contributed by atoms with E-state index in [2.05, 4.69) is 5.73 Å². The predicted octanol–water partition coefficient (Wildman–Crippen LogP) is 1.73. The Morgan fingerprint density at radius 1 is 0.913 bits per heavy atom. The van der Waals surface area contributed by atoms with Gasteiger partial charge in [0.1, 0.15) is 5.75 Å². The minimum absolute atomic E-state index is 0.153. The van der Waals surface area contributed by atoms with E-state index >= 15 is 0 Å². The number of rotatable bonds is 6. The highest BCUT2D eigenvalue weighted by Gasteiger charge is 2.09. The van der Waals surface area contributed by atoms with Crippen molar-refractivity contribution in [2.45, 2.75) is 13.2 Å². The molecule has 0 aromatic heterocycles. The number of benzene rings is 2. The zero-order valence-corrected chi connectivity index (χ0v) is 13.4. The smallest absolute Gasteiger partial charge is 0.179 e. The van der Waals surface area contributed by atoms with Gasteiger partial charge in [-0.05, 0) is 34.9 Å². The highest BCUT2D eigenvalue weighted by Crippen LogP contribution is 2.27. The molecule has 0 heterocycles. The summed E-state index contributed by atoms with van der Waals surface area (Å²) in [5, 5.41) is 18.9. The van der Waals surface area contributed by atoms with E-state index in [1.807, 2.05) is 42.5 Å². The highest BCUT2D eigenvalue weighted by molar-refractivity contribution is 5.72. The summed E-state index contributed by atoms with van der Waals surface area (Å²) in [5.41, 5.74) is 7.89. The molecular formula is C18H22NO4+. The standard InChI is InChI=1S/C18H21NO4/c1-22-17-6-5-12(8-16(17)19)3-4-13-7-14(10-20)15(11-21)18(9-13)23-2/h3-9,20-21H,10-11,19H2,1-2H3/p+1/b4-3-. The van der Waals surface area contributed by atoms with E-state index in [-0.39, 0.29) is 13.2 Å². The molecule has 0 atom stereocenters. The maximum absolute atomic E-state index is 9.46. The lowest BCUT2D eigenvalue weighted by Gasteiger charge is -2.12. The third kappa shape index (κ3) is 3.90. The second kappa shape index (κ2) is 7.78. The van der Waals surface area contributed by atoms with Crippen molar-refractivity contribution in [1.82, 2.24) is 0 Å². The molecule has 0 aliphatic rings. The summed E-state index contributed by atoms with van der Waals surface area (Å²) in [6.45, 7) is -0.327. The van der Waals surface area contributed by atoms with Crippen molar-refractivity contribution < 1.29 is 25.4 Å². The van der Waals surface area contributed by atoms with Crippen LogP contribution in [-0.4, -0.2) is 24.4 Å². The molecule has 0 aliphatic heterocycles. The van der Waals surface area contributed by atoms with Crippen LogP contribution in [0.4, 0.5) is 5.69 Å². The van der Waals surface area contributed by atoms with E-state index in [4.69, 9.17) is 9.47 Å². The first-order valence-corrected chi connectivity index (χ1v) is 7.22. The fourth-order valence-corrected chi connectivity index (χ4v) is 2.42. The molecule has 23 heavy (non-hydrogen) atoms. The molecule has 0 saturated carbocycles. The summed E-state index contributed by atoms with van der Waals surface area (Å²) >= 11 is 0. The van der Waals surface area contributed by atoms with E-state index < -0.39 is 0 Å². The van der Waals surface area contributed by atoms with Crippen LogP contribution in [0, 0.1) is 0 Å². The van der Waals surface area contributed by atoms with E-state index in [0.717, 1.165) is 22.6 Å². The summed E-state index contributed by atoms with van der Waals surface area (Å²) in [4.78, 5) is 0. The topological polar surface area (TPSA) is 86.6 Å². The fourth-order valence-electron chi connectivity index (χ4n) is 2.42. The molecule has 2 aromatic rings. The van der Waals surface area contributed by atoms with Gasteiger partial charge in [-0.2, -0.15) is 0 Å². The van der Waals surface area contributed by atoms with Crippen molar-refractivity contribution in [3.05, 3.63) is 52.6 Å². The molecule has 0 unspecified atom stereocenters. The molecule has 0 fully saturated rings. The summed E-state index contributed by atoms with van der Waals surface area (Å²) in [7, 11) is 3.16. The lowest BCUT2D eigenvalue weighted by Crippen LogP contribution is -2.40. The summed E-state index contributed by atoms with van der Waals surface area (Å²) < 4.78 is 10.5. The second-order valence-corrected chi connectivity index (χ2v) is 5.08. The maximum Gasteiger partial charge on any atom is 0.179 e. The van der Waals surface area contributed by atoms with Crippen LogP contribution >= 0.6 is 0 Å². The van der Waals surface area contributed by atoms with Crippen LogP contribution in [0.15, 0.2) is 30.3 Å². The summed E-state index contributed by atoms with van der Waals surface area (Å²) in [6.07, 6.45) is 3.87. The van der Waals surface area contributed by atoms with Crippen LogP contribution in [0.2, 0.25) is 0 Å². The lowest BCUT2D eigenvalue weighted by molar-refractivity contribution is -0.256. The largest absolute Gasteiger partial charge is 0.496 e. The van der Waals surface area contributed by atoms with E-state index in [0.29, 0.717) is 16.9 Å². The van der Waals surface area contributed by atoms with Gasteiger partial charge in [0.05, 0.1) is 27.4 Å². The van der Waals surface area contributed by atoms with Gasteiger partial charge < -0.3 is 25.4 Å². The molecule has 2 aromatic carbocycles. The minimum atomic E-state index is -0.174. The normalized spacial score (nSPS) is 11.0. The molecule has 0 amide bonds. The number of methoxy groups -OCH3 is 2. The lowest BCUT2D eigenvalue weighted by atomic mass is 10.0. The van der Waals surface area contributed by atoms with Gasteiger partial charge in [-0.15, -0.1) is 0 Å². The molecule has 5 nitrogen and oxygen atoms in total. The average Bonchev–Trinajstić information content (AvgIpc) is 2.58. The average molecular weight is 316 g/mol. The van der Waals surface area contributed by atoms with Crippen LogP contribution < -0.4 is 15.2 Å². The molecule has 122 valence electrons. The van der Waals surface area contributed by atoms with Gasteiger partial charge >= 0.3 is 0 Å². The van der Waals surface area contributed by atoms with Gasteiger partial charge in [0.25, 0.3) is 0 Å². The Hall–Kier alpha value is -2.34. The first-order valence-electron chi connectivity index (χ1n) is 7.22. The van der Waals surface area contributed by atoms with E-state index in [1.54, 1.807) is 14.2 Å². The van der Waals surface area contributed by atoms with Crippen molar-refractivity contribution in [2.75, 3.05) is 14.2 Å². The third-order valence-corrected chi connectivity index (χ3v) is 3.64. The minimum Gasteiger partial charge on any atom is -0.496 e. The monoisotopic (exact) mass is 316 g/mol. The fraction of sp³-hybridized carbons (Fsp3) is 0.222. The summed E-state index contributed by atoms with van der Waals surface area (Å²) in [6, 6.07) is 9.41. The zero-order valence-electron chi connectivity index (χ0n) is 13.4. The molecule has 0 radical (unpaired) electrons. The van der Waals surface area contributed by atoms with Gasteiger partial charge in [-0.25, -0.2) is 0 Å². The Labute approximate surface area is 135 Å².